The van der Waals surface area contributed by atoms with Crippen molar-refractivity contribution in [2.75, 3.05) is 59.8 Å². The van der Waals surface area contributed by atoms with E-state index in [1.165, 1.54) is 0 Å². The molecule has 0 spiro atoms. The standard InChI is InChI=1S/C13H29N3O3.HI/c1-4-14-13(15-7-6-9-18-5-2)16-8-10-19-12-11-17-3;/h4-12H2,1-3H3,(H2,14,15,16);1H. The van der Waals surface area contributed by atoms with Crippen LogP contribution in [-0.4, -0.2) is 65.7 Å². The smallest absolute Gasteiger partial charge is 0.191 e. The van der Waals surface area contributed by atoms with E-state index in [0.717, 1.165) is 45.2 Å². The van der Waals surface area contributed by atoms with Crippen molar-refractivity contribution in [2.24, 2.45) is 4.99 Å². The second-order valence-electron chi connectivity index (χ2n) is 3.84. The second-order valence-corrected chi connectivity index (χ2v) is 3.84. The molecule has 0 unspecified atom stereocenters. The van der Waals surface area contributed by atoms with Crippen LogP contribution in [0.4, 0.5) is 0 Å². The van der Waals surface area contributed by atoms with E-state index < -0.39 is 0 Å². The van der Waals surface area contributed by atoms with E-state index >= 15 is 0 Å². The van der Waals surface area contributed by atoms with Crippen LogP contribution in [0.25, 0.3) is 0 Å². The highest BCUT2D eigenvalue weighted by atomic mass is 127. The molecule has 0 aliphatic carbocycles. The number of nitrogens with one attached hydrogen (secondary N) is 2. The molecule has 0 amide bonds. The van der Waals surface area contributed by atoms with Crippen molar-refractivity contribution in [3.63, 3.8) is 0 Å². The summed E-state index contributed by atoms with van der Waals surface area (Å²) in [5.74, 6) is 0.828. The van der Waals surface area contributed by atoms with Crippen LogP contribution < -0.4 is 10.6 Å². The zero-order valence-electron chi connectivity index (χ0n) is 12.9. The van der Waals surface area contributed by atoms with Gasteiger partial charge in [0.05, 0.1) is 19.8 Å². The summed E-state index contributed by atoms with van der Waals surface area (Å²) >= 11 is 0. The van der Waals surface area contributed by atoms with Gasteiger partial charge >= 0.3 is 0 Å². The Morgan fingerprint density at radius 2 is 1.80 bits per heavy atom. The van der Waals surface area contributed by atoms with Gasteiger partial charge in [0.15, 0.2) is 5.96 Å². The van der Waals surface area contributed by atoms with Crippen LogP contribution in [0.3, 0.4) is 0 Å². The van der Waals surface area contributed by atoms with Crippen molar-refractivity contribution >= 4 is 29.9 Å². The number of guanidine groups is 1. The number of halogens is 1. The summed E-state index contributed by atoms with van der Waals surface area (Å²) in [6.45, 7) is 9.83. The number of aliphatic imine (C=N–C) groups is 1. The Morgan fingerprint density at radius 3 is 2.45 bits per heavy atom. The molecule has 0 saturated carbocycles. The van der Waals surface area contributed by atoms with Gasteiger partial charge in [-0.1, -0.05) is 0 Å². The van der Waals surface area contributed by atoms with E-state index in [4.69, 9.17) is 14.2 Å². The summed E-state index contributed by atoms with van der Waals surface area (Å²) in [6.07, 6.45) is 0.939. The van der Waals surface area contributed by atoms with Gasteiger partial charge in [0.25, 0.3) is 0 Å². The second kappa shape index (κ2) is 18.9. The number of hydrogen-bond donors (Lipinski definition) is 2. The van der Waals surface area contributed by atoms with Gasteiger partial charge in [-0.3, -0.25) is 4.99 Å². The first-order chi connectivity index (χ1) is 9.35. The Hall–Kier alpha value is -0.120. The van der Waals surface area contributed by atoms with Gasteiger partial charge in [0, 0.05) is 40.0 Å². The van der Waals surface area contributed by atoms with E-state index in [2.05, 4.69) is 15.6 Å². The molecule has 0 atom stereocenters. The van der Waals surface area contributed by atoms with Crippen molar-refractivity contribution in [3.8, 4) is 0 Å². The quantitative estimate of drug-likeness (QED) is 0.222. The highest BCUT2D eigenvalue weighted by Gasteiger charge is 1.96. The van der Waals surface area contributed by atoms with E-state index in [1.807, 2.05) is 13.8 Å². The molecule has 0 aromatic rings. The highest BCUT2D eigenvalue weighted by Crippen LogP contribution is 1.84. The van der Waals surface area contributed by atoms with Gasteiger partial charge < -0.3 is 24.8 Å². The molecular weight excluding hydrogens is 373 g/mol. The predicted octanol–water partition coefficient (Wildman–Crippen LogP) is 1.25. The minimum absolute atomic E-state index is 0. The first-order valence-electron chi connectivity index (χ1n) is 7.01. The van der Waals surface area contributed by atoms with Gasteiger partial charge in [-0.15, -0.1) is 24.0 Å². The van der Waals surface area contributed by atoms with Crippen molar-refractivity contribution in [2.45, 2.75) is 20.3 Å². The Balaban J connectivity index is 0. The maximum absolute atomic E-state index is 5.37. The lowest BCUT2D eigenvalue weighted by Crippen LogP contribution is -2.39. The van der Waals surface area contributed by atoms with Crippen molar-refractivity contribution < 1.29 is 14.2 Å². The summed E-state index contributed by atoms with van der Waals surface area (Å²) in [7, 11) is 1.67. The predicted molar refractivity (Wildman–Crippen MR) is 93.2 cm³/mol. The zero-order valence-corrected chi connectivity index (χ0v) is 15.3. The zero-order chi connectivity index (χ0) is 14.2. The largest absolute Gasteiger partial charge is 0.382 e. The third-order valence-electron chi connectivity index (χ3n) is 2.24. The Bertz CT molecular complexity index is 219. The number of rotatable bonds is 12. The molecule has 0 aromatic carbocycles. The molecule has 0 bridgehead atoms. The number of ether oxygens (including phenoxy) is 3. The van der Waals surface area contributed by atoms with E-state index in [-0.39, 0.29) is 24.0 Å². The molecule has 0 saturated heterocycles. The summed E-state index contributed by atoms with van der Waals surface area (Å²) in [5.41, 5.74) is 0. The average Bonchev–Trinajstić information content (AvgIpc) is 2.42. The van der Waals surface area contributed by atoms with Gasteiger partial charge in [0.2, 0.25) is 0 Å². The van der Waals surface area contributed by atoms with Crippen molar-refractivity contribution in [3.05, 3.63) is 0 Å². The Labute approximate surface area is 140 Å². The summed E-state index contributed by atoms with van der Waals surface area (Å²) < 4.78 is 15.5. The van der Waals surface area contributed by atoms with Gasteiger partial charge in [-0.25, -0.2) is 0 Å². The van der Waals surface area contributed by atoms with Gasteiger partial charge in [-0.2, -0.15) is 0 Å². The minimum Gasteiger partial charge on any atom is -0.382 e. The Kier molecular flexibility index (Phi) is 20.9. The maximum Gasteiger partial charge on any atom is 0.191 e. The van der Waals surface area contributed by atoms with Crippen LogP contribution in [0.1, 0.15) is 20.3 Å². The van der Waals surface area contributed by atoms with Crippen LogP contribution in [0.2, 0.25) is 0 Å². The third-order valence-corrected chi connectivity index (χ3v) is 2.24. The SMILES string of the molecule is CCNC(=NCCCOCC)NCCOCCOC.I. The molecule has 122 valence electrons. The first-order valence-corrected chi connectivity index (χ1v) is 7.01. The summed E-state index contributed by atoms with van der Waals surface area (Å²) in [6, 6.07) is 0. The van der Waals surface area contributed by atoms with E-state index in [9.17, 15) is 0 Å². The Morgan fingerprint density at radius 1 is 1.00 bits per heavy atom. The average molecular weight is 403 g/mol. The van der Waals surface area contributed by atoms with Gasteiger partial charge in [-0.05, 0) is 20.3 Å². The molecule has 0 radical (unpaired) electrons. The van der Waals surface area contributed by atoms with E-state index in [1.54, 1.807) is 7.11 Å². The minimum atomic E-state index is 0. The molecule has 2 N–H and O–H groups in total. The van der Waals surface area contributed by atoms with Crippen molar-refractivity contribution in [1.29, 1.82) is 0 Å². The first kappa shape index (κ1) is 22.2. The van der Waals surface area contributed by atoms with Crippen LogP contribution >= 0.6 is 24.0 Å². The van der Waals surface area contributed by atoms with Crippen LogP contribution in [-0.2, 0) is 14.2 Å². The normalized spacial score (nSPS) is 11.1. The van der Waals surface area contributed by atoms with Gasteiger partial charge in [0.1, 0.15) is 0 Å². The molecule has 0 aliphatic rings. The molecule has 6 nitrogen and oxygen atoms in total. The topological polar surface area (TPSA) is 64.1 Å². The molecule has 0 aliphatic heterocycles. The summed E-state index contributed by atoms with van der Waals surface area (Å²) in [5, 5.41) is 6.41. The van der Waals surface area contributed by atoms with Crippen LogP contribution in [0, 0.1) is 0 Å². The fourth-order valence-electron chi connectivity index (χ4n) is 1.33. The highest BCUT2D eigenvalue weighted by molar-refractivity contribution is 14.0. The fourth-order valence-corrected chi connectivity index (χ4v) is 1.33. The number of hydrogen-bond acceptors (Lipinski definition) is 4. The summed E-state index contributed by atoms with van der Waals surface area (Å²) in [4.78, 5) is 4.45. The maximum atomic E-state index is 5.37. The van der Waals surface area contributed by atoms with Crippen molar-refractivity contribution in [1.82, 2.24) is 10.6 Å². The van der Waals surface area contributed by atoms with Crippen LogP contribution in [0.15, 0.2) is 4.99 Å². The lowest BCUT2D eigenvalue weighted by molar-refractivity contribution is 0.0733. The molecule has 0 fully saturated rings. The fraction of sp³-hybridized carbons (Fsp3) is 0.923. The lowest BCUT2D eigenvalue weighted by Gasteiger charge is -2.11. The molecular formula is C13H30IN3O3. The molecule has 0 rings (SSSR count). The molecule has 20 heavy (non-hydrogen) atoms. The molecule has 7 heteroatoms. The van der Waals surface area contributed by atoms with Crippen LogP contribution in [0.5, 0.6) is 0 Å². The lowest BCUT2D eigenvalue weighted by atomic mass is 10.4. The molecule has 0 aromatic heterocycles. The molecule has 0 heterocycles. The number of nitrogens with zero attached hydrogens (tertiary/aromatic N) is 1. The van der Waals surface area contributed by atoms with E-state index in [0.29, 0.717) is 19.8 Å². The third kappa shape index (κ3) is 15.9. The number of methoxy groups -OCH3 is 1. The monoisotopic (exact) mass is 403 g/mol.